The van der Waals surface area contributed by atoms with Gasteiger partial charge in [0.25, 0.3) is 0 Å². The van der Waals surface area contributed by atoms with Crippen LogP contribution >= 0.6 is 0 Å². The minimum Gasteiger partial charge on any atom is -0.375 e. The summed E-state index contributed by atoms with van der Waals surface area (Å²) in [5.41, 5.74) is 0.821. The van der Waals surface area contributed by atoms with Gasteiger partial charge >= 0.3 is 0 Å². The Morgan fingerprint density at radius 3 is 2.88 bits per heavy atom. The molecule has 1 saturated carbocycles. The molecule has 0 heterocycles. The molecule has 2 rings (SSSR count). The Bertz CT molecular complexity index is 404. The van der Waals surface area contributed by atoms with Crippen molar-refractivity contribution in [3.8, 4) is 0 Å². The summed E-state index contributed by atoms with van der Waals surface area (Å²) in [6.07, 6.45) is 2.07. The van der Waals surface area contributed by atoms with Gasteiger partial charge in [-0.05, 0) is 30.5 Å². The van der Waals surface area contributed by atoms with Gasteiger partial charge in [0.05, 0.1) is 0 Å². The van der Waals surface area contributed by atoms with Crippen molar-refractivity contribution < 1.29 is 13.9 Å². The van der Waals surface area contributed by atoms with E-state index >= 15 is 0 Å². The van der Waals surface area contributed by atoms with Gasteiger partial charge in [0.1, 0.15) is 12.4 Å². The number of hydrogen-bond donors (Lipinski definition) is 0. The van der Waals surface area contributed by atoms with E-state index in [0.29, 0.717) is 12.6 Å². The SMILES string of the molecule is COCC(=O)N(Cc1cccc(F)c1)C1CC1. The van der Waals surface area contributed by atoms with E-state index in [1.165, 1.54) is 19.2 Å². The highest BCUT2D eigenvalue weighted by Crippen LogP contribution is 2.28. The van der Waals surface area contributed by atoms with E-state index < -0.39 is 0 Å². The van der Waals surface area contributed by atoms with Crippen molar-refractivity contribution in [2.45, 2.75) is 25.4 Å². The maximum absolute atomic E-state index is 13.1. The third-order valence-electron chi connectivity index (χ3n) is 2.82. The first-order valence-electron chi connectivity index (χ1n) is 5.73. The summed E-state index contributed by atoms with van der Waals surface area (Å²) in [6, 6.07) is 6.67. The van der Waals surface area contributed by atoms with E-state index in [4.69, 9.17) is 4.74 Å². The average Bonchev–Trinajstić information content (AvgIpc) is 3.10. The molecule has 1 aromatic carbocycles. The van der Waals surface area contributed by atoms with Gasteiger partial charge in [-0.2, -0.15) is 0 Å². The van der Waals surface area contributed by atoms with Crippen molar-refractivity contribution in [2.24, 2.45) is 0 Å². The van der Waals surface area contributed by atoms with Crippen LogP contribution in [0.3, 0.4) is 0 Å². The van der Waals surface area contributed by atoms with Crippen molar-refractivity contribution >= 4 is 5.91 Å². The first kappa shape index (κ1) is 12.0. The highest BCUT2D eigenvalue weighted by Gasteiger charge is 2.32. The topological polar surface area (TPSA) is 29.5 Å². The van der Waals surface area contributed by atoms with Crippen LogP contribution in [0.5, 0.6) is 0 Å². The first-order chi connectivity index (χ1) is 8.20. The summed E-state index contributed by atoms with van der Waals surface area (Å²) in [5.74, 6) is -0.295. The minimum absolute atomic E-state index is 0.0285. The summed E-state index contributed by atoms with van der Waals surface area (Å²) >= 11 is 0. The second-order valence-corrected chi connectivity index (χ2v) is 4.32. The van der Waals surface area contributed by atoms with Crippen LogP contribution in [-0.2, 0) is 16.1 Å². The van der Waals surface area contributed by atoms with Crippen LogP contribution in [0.1, 0.15) is 18.4 Å². The van der Waals surface area contributed by atoms with Crippen LogP contribution in [0.4, 0.5) is 4.39 Å². The number of halogens is 1. The second kappa shape index (κ2) is 5.27. The molecule has 0 atom stereocenters. The Hall–Kier alpha value is -1.42. The Balaban J connectivity index is 2.05. The van der Waals surface area contributed by atoms with Crippen LogP contribution in [0.15, 0.2) is 24.3 Å². The molecule has 0 aliphatic heterocycles. The van der Waals surface area contributed by atoms with Crippen molar-refractivity contribution in [3.05, 3.63) is 35.6 Å². The van der Waals surface area contributed by atoms with Crippen LogP contribution in [0.2, 0.25) is 0 Å². The number of ether oxygens (including phenoxy) is 1. The monoisotopic (exact) mass is 237 g/mol. The minimum atomic E-state index is -0.266. The lowest BCUT2D eigenvalue weighted by Gasteiger charge is -2.22. The number of nitrogens with zero attached hydrogens (tertiary/aromatic N) is 1. The number of rotatable bonds is 5. The molecule has 1 aliphatic rings. The summed E-state index contributed by atoms with van der Waals surface area (Å²) in [7, 11) is 1.51. The van der Waals surface area contributed by atoms with Gasteiger partial charge < -0.3 is 9.64 Å². The molecule has 1 aliphatic carbocycles. The Labute approximate surface area is 100 Å². The van der Waals surface area contributed by atoms with Crippen molar-refractivity contribution in [3.63, 3.8) is 0 Å². The molecule has 0 spiro atoms. The molecule has 3 nitrogen and oxygen atoms in total. The van der Waals surface area contributed by atoms with Gasteiger partial charge in [-0.1, -0.05) is 12.1 Å². The molecule has 1 aromatic rings. The van der Waals surface area contributed by atoms with Gasteiger partial charge in [-0.3, -0.25) is 4.79 Å². The van der Waals surface area contributed by atoms with Crippen LogP contribution in [0.25, 0.3) is 0 Å². The quantitative estimate of drug-likeness (QED) is 0.783. The fourth-order valence-corrected chi connectivity index (χ4v) is 1.85. The molecule has 92 valence electrons. The van der Waals surface area contributed by atoms with E-state index in [-0.39, 0.29) is 18.3 Å². The zero-order valence-corrected chi connectivity index (χ0v) is 9.86. The Morgan fingerprint density at radius 2 is 2.29 bits per heavy atom. The number of amides is 1. The lowest BCUT2D eigenvalue weighted by atomic mass is 10.2. The maximum Gasteiger partial charge on any atom is 0.249 e. The Kier molecular flexibility index (Phi) is 3.74. The van der Waals surface area contributed by atoms with E-state index in [0.717, 1.165) is 18.4 Å². The summed E-state index contributed by atoms with van der Waals surface area (Å²) < 4.78 is 17.9. The van der Waals surface area contributed by atoms with Gasteiger partial charge in [0.2, 0.25) is 5.91 Å². The number of carbonyl (C=O) groups is 1. The van der Waals surface area contributed by atoms with Crippen molar-refractivity contribution in [1.29, 1.82) is 0 Å². The zero-order chi connectivity index (χ0) is 12.3. The molecule has 0 N–H and O–H groups in total. The fraction of sp³-hybridized carbons (Fsp3) is 0.462. The zero-order valence-electron chi connectivity index (χ0n) is 9.86. The molecule has 0 aromatic heterocycles. The standard InChI is InChI=1S/C13H16FNO2/c1-17-9-13(16)15(12-5-6-12)8-10-3-2-4-11(14)7-10/h2-4,7,12H,5-6,8-9H2,1H3. The van der Waals surface area contributed by atoms with E-state index in [2.05, 4.69) is 0 Å². The Morgan fingerprint density at radius 1 is 1.53 bits per heavy atom. The molecule has 17 heavy (non-hydrogen) atoms. The smallest absolute Gasteiger partial charge is 0.249 e. The predicted molar refractivity (Wildman–Crippen MR) is 61.8 cm³/mol. The lowest BCUT2D eigenvalue weighted by molar-refractivity contribution is -0.136. The molecule has 0 unspecified atom stereocenters. The molecule has 0 radical (unpaired) electrons. The van der Waals surface area contributed by atoms with Gasteiger partial charge in [-0.25, -0.2) is 4.39 Å². The molecule has 4 heteroatoms. The number of hydrogen-bond acceptors (Lipinski definition) is 2. The normalized spacial score (nSPS) is 14.7. The number of benzene rings is 1. The number of carbonyl (C=O) groups excluding carboxylic acids is 1. The van der Waals surface area contributed by atoms with Crippen molar-refractivity contribution in [2.75, 3.05) is 13.7 Å². The molecule has 1 fully saturated rings. The van der Waals surface area contributed by atoms with Crippen LogP contribution in [0, 0.1) is 5.82 Å². The predicted octanol–water partition coefficient (Wildman–Crippen LogP) is 1.96. The van der Waals surface area contributed by atoms with Gasteiger partial charge in [0.15, 0.2) is 0 Å². The third-order valence-corrected chi connectivity index (χ3v) is 2.82. The fourth-order valence-electron chi connectivity index (χ4n) is 1.85. The summed E-state index contributed by atoms with van der Waals surface area (Å²) in [4.78, 5) is 13.6. The molecular formula is C13H16FNO2. The largest absolute Gasteiger partial charge is 0.375 e. The molecule has 1 amide bonds. The van der Waals surface area contributed by atoms with Gasteiger partial charge in [0, 0.05) is 19.7 Å². The second-order valence-electron chi connectivity index (χ2n) is 4.32. The van der Waals surface area contributed by atoms with E-state index in [1.807, 2.05) is 6.07 Å². The highest BCUT2D eigenvalue weighted by molar-refractivity contribution is 5.78. The van der Waals surface area contributed by atoms with Crippen molar-refractivity contribution in [1.82, 2.24) is 4.90 Å². The highest BCUT2D eigenvalue weighted by atomic mass is 19.1. The van der Waals surface area contributed by atoms with Crippen LogP contribution < -0.4 is 0 Å². The maximum atomic E-state index is 13.1. The molecule has 0 saturated heterocycles. The summed E-state index contributed by atoms with van der Waals surface area (Å²) in [5, 5.41) is 0. The lowest BCUT2D eigenvalue weighted by Crippen LogP contribution is -2.35. The van der Waals surface area contributed by atoms with Crippen LogP contribution in [-0.4, -0.2) is 30.6 Å². The third kappa shape index (κ3) is 3.27. The molecular weight excluding hydrogens is 221 g/mol. The first-order valence-corrected chi connectivity index (χ1v) is 5.73. The summed E-state index contributed by atoms with van der Waals surface area (Å²) in [6.45, 7) is 0.552. The van der Waals surface area contributed by atoms with Gasteiger partial charge in [-0.15, -0.1) is 0 Å². The van der Waals surface area contributed by atoms with E-state index in [1.54, 1.807) is 11.0 Å². The average molecular weight is 237 g/mol. The van der Waals surface area contributed by atoms with E-state index in [9.17, 15) is 9.18 Å². The molecule has 0 bridgehead atoms. The number of methoxy groups -OCH3 is 1.